The molecular formula is C14H24N2O. The normalized spacial score (nSPS) is 18.2. The van der Waals surface area contributed by atoms with Gasteiger partial charge in [0, 0.05) is 12.8 Å². The van der Waals surface area contributed by atoms with E-state index in [0.29, 0.717) is 6.54 Å². The fourth-order valence-corrected chi connectivity index (χ4v) is 2.66. The van der Waals surface area contributed by atoms with Crippen LogP contribution in [0.15, 0.2) is 10.6 Å². The molecule has 2 rings (SSSR count). The molecule has 0 amide bonds. The van der Waals surface area contributed by atoms with Crippen molar-refractivity contribution >= 4 is 0 Å². The summed E-state index contributed by atoms with van der Waals surface area (Å²) >= 11 is 0. The van der Waals surface area contributed by atoms with Gasteiger partial charge in [-0.1, -0.05) is 38.5 Å². The Bertz CT molecular complexity index is 314. The highest BCUT2D eigenvalue weighted by Crippen LogP contribution is 2.26. The fraction of sp³-hybridized carbons (Fsp3) is 0.786. The molecular weight excluding hydrogens is 212 g/mol. The summed E-state index contributed by atoms with van der Waals surface area (Å²) in [5.74, 6) is 2.75. The van der Waals surface area contributed by atoms with Gasteiger partial charge in [-0.05, 0) is 18.9 Å². The van der Waals surface area contributed by atoms with Gasteiger partial charge in [0.25, 0.3) is 0 Å². The van der Waals surface area contributed by atoms with Gasteiger partial charge in [-0.15, -0.1) is 0 Å². The average molecular weight is 236 g/mol. The van der Waals surface area contributed by atoms with Crippen LogP contribution in [0.4, 0.5) is 0 Å². The van der Waals surface area contributed by atoms with Crippen LogP contribution in [0.5, 0.6) is 0 Å². The molecule has 1 fully saturated rings. The SMILES string of the molecule is NCCCc1ncc(CC2CCCCCC2)o1. The second-order valence-electron chi connectivity index (χ2n) is 5.17. The van der Waals surface area contributed by atoms with Gasteiger partial charge >= 0.3 is 0 Å². The minimum atomic E-state index is 0.709. The monoisotopic (exact) mass is 236 g/mol. The lowest BCUT2D eigenvalue weighted by Crippen LogP contribution is -2.02. The Balaban J connectivity index is 1.82. The maximum atomic E-state index is 5.76. The molecule has 1 aromatic heterocycles. The van der Waals surface area contributed by atoms with E-state index in [9.17, 15) is 0 Å². The van der Waals surface area contributed by atoms with E-state index in [-0.39, 0.29) is 0 Å². The minimum absolute atomic E-state index is 0.709. The van der Waals surface area contributed by atoms with E-state index >= 15 is 0 Å². The van der Waals surface area contributed by atoms with Crippen molar-refractivity contribution in [1.82, 2.24) is 4.98 Å². The van der Waals surface area contributed by atoms with Crippen LogP contribution in [0.1, 0.15) is 56.6 Å². The number of rotatable bonds is 5. The lowest BCUT2D eigenvalue weighted by molar-refractivity contribution is 0.385. The fourth-order valence-electron chi connectivity index (χ4n) is 2.66. The van der Waals surface area contributed by atoms with E-state index in [1.165, 1.54) is 38.5 Å². The molecule has 0 atom stereocenters. The van der Waals surface area contributed by atoms with E-state index in [4.69, 9.17) is 10.2 Å². The highest BCUT2D eigenvalue weighted by Gasteiger charge is 2.15. The van der Waals surface area contributed by atoms with Gasteiger partial charge in [0.15, 0.2) is 5.89 Å². The molecule has 0 aliphatic heterocycles. The molecule has 1 aromatic rings. The van der Waals surface area contributed by atoms with E-state index in [0.717, 1.165) is 36.8 Å². The summed E-state index contributed by atoms with van der Waals surface area (Å²) in [6.07, 6.45) is 13.1. The third-order valence-electron chi connectivity index (χ3n) is 3.66. The first kappa shape index (κ1) is 12.6. The number of aryl methyl sites for hydroxylation is 1. The number of hydrogen-bond acceptors (Lipinski definition) is 3. The summed E-state index contributed by atoms with van der Waals surface area (Å²) in [6.45, 7) is 0.709. The highest BCUT2D eigenvalue weighted by molar-refractivity contribution is 4.96. The second kappa shape index (κ2) is 6.80. The number of hydrogen-bond donors (Lipinski definition) is 1. The third kappa shape index (κ3) is 4.15. The first-order valence-corrected chi connectivity index (χ1v) is 7.02. The molecule has 2 N–H and O–H groups in total. The predicted molar refractivity (Wildman–Crippen MR) is 68.8 cm³/mol. The van der Waals surface area contributed by atoms with E-state index < -0.39 is 0 Å². The quantitative estimate of drug-likeness (QED) is 0.799. The van der Waals surface area contributed by atoms with Crippen molar-refractivity contribution in [3.63, 3.8) is 0 Å². The van der Waals surface area contributed by atoms with Gasteiger partial charge in [0.1, 0.15) is 5.76 Å². The second-order valence-corrected chi connectivity index (χ2v) is 5.17. The van der Waals surface area contributed by atoms with Crippen molar-refractivity contribution < 1.29 is 4.42 Å². The molecule has 0 radical (unpaired) electrons. The molecule has 96 valence electrons. The Morgan fingerprint density at radius 3 is 2.71 bits per heavy atom. The molecule has 3 heteroatoms. The summed E-state index contributed by atoms with van der Waals surface area (Å²) in [4.78, 5) is 4.32. The van der Waals surface area contributed by atoms with Crippen LogP contribution < -0.4 is 5.73 Å². The molecule has 1 saturated carbocycles. The maximum absolute atomic E-state index is 5.76. The first-order chi connectivity index (χ1) is 8.38. The topological polar surface area (TPSA) is 52.0 Å². The number of nitrogens with two attached hydrogens (primary N) is 1. The zero-order valence-electron chi connectivity index (χ0n) is 10.7. The molecule has 17 heavy (non-hydrogen) atoms. The Hall–Kier alpha value is -0.830. The lowest BCUT2D eigenvalue weighted by Gasteiger charge is -2.10. The zero-order valence-corrected chi connectivity index (χ0v) is 10.7. The van der Waals surface area contributed by atoms with E-state index in [2.05, 4.69) is 4.98 Å². The smallest absolute Gasteiger partial charge is 0.194 e. The van der Waals surface area contributed by atoms with Gasteiger partial charge in [-0.25, -0.2) is 4.98 Å². The summed E-state index contributed by atoms with van der Waals surface area (Å²) in [7, 11) is 0. The Morgan fingerprint density at radius 2 is 2.00 bits per heavy atom. The third-order valence-corrected chi connectivity index (χ3v) is 3.66. The Kier molecular flexibility index (Phi) is 5.05. The molecule has 0 bridgehead atoms. The van der Waals surface area contributed by atoms with Crippen LogP contribution in [0.3, 0.4) is 0 Å². The Morgan fingerprint density at radius 1 is 1.24 bits per heavy atom. The van der Waals surface area contributed by atoms with Crippen LogP contribution in [-0.4, -0.2) is 11.5 Å². The van der Waals surface area contributed by atoms with Gasteiger partial charge in [-0.3, -0.25) is 0 Å². The van der Waals surface area contributed by atoms with Crippen molar-refractivity contribution in [2.24, 2.45) is 11.7 Å². The van der Waals surface area contributed by atoms with Crippen LogP contribution >= 0.6 is 0 Å². The van der Waals surface area contributed by atoms with Crippen LogP contribution in [0.2, 0.25) is 0 Å². The van der Waals surface area contributed by atoms with Crippen LogP contribution in [0, 0.1) is 5.92 Å². The number of nitrogens with zero attached hydrogens (tertiary/aromatic N) is 1. The Labute approximate surface area is 104 Å². The van der Waals surface area contributed by atoms with Crippen LogP contribution in [-0.2, 0) is 12.8 Å². The maximum Gasteiger partial charge on any atom is 0.194 e. The van der Waals surface area contributed by atoms with Crippen LogP contribution in [0.25, 0.3) is 0 Å². The predicted octanol–water partition coefficient (Wildman–Crippen LogP) is 3.08. The van der Waals surface area contributed by atoms with Crippen molar-refractivity contribution in [2.75, 3.05) is 6.54 Å². The molecule has 0 saturated heterocycles. The number of oxazole rings is 1. The molecule has 1 heterocycles. The van der Waals surface area contributed by atoms with Gasteiger partial charge in [-0.2, -0.15) is 0 Å². The summed E-state index contributed by atoms with van der Waals surface area (Å²) in [5.41, 5.74) is 5.48. The standard InChI is InChI=1S/C14H24N2O/c15-9-5-8-14-16-11-13(17-14)10-12-6-3-1-2-4-7-12/h11-12H,1-10,15H2. The molecule has 0 aromatic carbocycles. The molecule has 1 aliphatic carbocycles. The molecule has 3 nitrogen and oxygen atoms in total. The molecule has 1 aliphatic rings. The summed E-state index contributed by atoms with van der Waals surface area (Å²) in [5, 5.41) is 0. The van der Waals surface area contributed by atoms with Crippen molar-refractivity contribution in [3.05, 3.63) is 17.8 Å². The average Bonchev–Trinajstić information content (AvgIpc) is 2.61. The molecule has 0 unspecified atom stereocenters. The molecule has 0 spiro atoms. The first-order valence-electron chi connectivity index (χ1n) is 7.02. The van der Waals surface area contributed by atoms with Crippen molar-refractivity contribution in [1.29, 1.82) is 0 Å². The lowest BCUT2D eigenvalue weighted by atomic mass is 9.96. The minimum Gasteiger partial charge on any atom is -0.446 e. The van der Waals surface area contributed by atoms with Gasteiger partial charge in [0.2, 0.25) is 0 Å². The van der Waals surface area contributed by atoms with Gasteiger partial charge < -0.3 is 10.2 Å². The van der Waals surface area contributed by atoms with Crippen molar-refractivity contribution in [2.45, 2.75) is 57.8 Å². The summed E-state index contributed by atoms with van der Waals surface area (Å²) < 4.78 is 5.76. The summed E-state index contributed by atoms with van der Waals surface area (Å²) in [6, 6.07) is 0. The van der Waals surface area contributed by atoms with Gasteiger partial charge in [0.05, 0.1) is 6.20 Å². The van der Waals surface area contributed by atoms with E-state index in [1.807, 2.05) is 6.20 Å². The number of aromatic nitrogens is 1. The van der Waals surface area contributed by atoms with E-state index in [1.54, 1.807) is 0 Å². The zero-order chi connectivity index (χ0) is 11.9. The van der Waals surface area contributed by atoms with Crippen molar-refractivity contribution in [3.8, 4) is 0 Å². The largest absolute Gasteiger partial charge is 0.446 e. The highest BCUT2D eigenvalue weighted by atomic mass is 16.4.